The minimum absolute atomic E-state index is 0.308. The molecule has 0 saturated heterocycles. The highest BCUT2D eigenvalue weighted by atomic mass is 35.5. The van der Waals surface area contributed by atoms with Gasteiger partial charge in [-0.15, -0.1) is 0 Å². The fraction of sp³-hybridized carbons (Fsp3) is 0.167. The number of nitrogens with zero attached hydrogens (tertiary/aromatic N) is 2. The molecule has 0 aromatic carbocycles. The monoisotopic (exact) mass is 156 g/mol. The zero-order chi connectivity index (χ0) is 7.56. The number of hydrogen-bond donors (Lipinski definition) is 0. The maximum absolute atomic E-state index is 10.2. The fourth-order valence-electron chi connectivity index (χ4n) is 0.578. The first-order valence-corrected chi connectivity index (χ1v) is 3.06. The number of hydrogen-bond acceptors (Lipinski definition) is 3. The molecule has 1 aromatic rings. The summed E-state index contributed by atoms with van der Waals surface area (Å²) in [5.41, 5.74) is 0.895. The molecule has 1 heterocycles. The number of rotatable bonds is 1. The van der Waals surface area contributed by atoms with Crippen LogP contribution in [0.5, 0.6) is 0 Å². The lowest BCUT2D eigenvalue weighted by Crippen LogP contribution is -1.94. The van der Waals surface area contributed by atoms with Crippen molar-refractivity contribution in [3.05, 3.63) is 22.7 Å². The van der Waals surface area contributed by atoms with E-state index in [9.17, 15) is 4.79 Å². The second-order valence-electron chi connectivity index (χ2n) is 1.78. The second kappa shape index (κ2) is 2.75. The van der Waals surface area contributed by atoms with Gasteiger partial charge in [0.2, 0.25) is 0 Å². The molecule has 0 aliphatic carbocycles. The van der Waals surface area contributed by atoms with Crippen LogP contribution in [-0.4, -0.2) is 16.3 Å². The van der Waals surface area contributed by atoms with Gasteiger partial charge in [0.1, 0.15) is 10.8 Å². The molecule has 0 saturated carbocycles. The molecule has 0 spiro atoms. The van der Waals surface area contributed by atoms with Crippen LogP contribution in [-0.2, 0) is 0 Å². The molecule has 0 aliphatic heterocycles. The van der Waals surface area contributed by atoms with Crippen LogP contribution in [0.15, 0.2) is 6.20 Å². The van der Waals surface area contributed by atoms with Gasteiger partial charge in [0.25, 0.3) is 0 Å². The largest absolute Gasteiger partial charge is 0.296 e. The van der Waals surface area contributed by atoms with Crippen LogP contribution in [0.4, 0.5) is 0 Å². The summed E-state index contributed by atoms with van der Waals surface area (Å²) in [4.78, 5) is 17.7. The first-order chi connectivity index (χ1) is 4.74. The Morgan fingerprint density at radius 2 is 2.40 bits per heavy atom. The van der Waals surface area contributed by atoms with E-state index < -0.39 is 0 Å². The maximum atomic E-state index is 10.2. The molecule has 3 nitrogen and oxygen atoms in total. The minimum Gasteiger partial charge on any atom is -0.296 e. The lowest BCUT2D eigenvalue weighted by molar-refractivity contribution is 0.111. The molecule has 10 heavy (non-hydrogen) atoms. The average molecular weight is 157 g/mol. The van der Waals surface area contributed by atoms with Crippen LogP contribution in [0.25, 0.3) is 0 Å². The molecule has 0 N–H and O–H groups in total. The van der Waals surface area contributed by atoms with E-state index in [1.807, 2.05) is 0 Å². The molecule has 0 bridgehead atoms. The van der Waals surface area contributed by atoms with E-state index in [0.717, 1.165) is 0 Å². The third-order valence-electron chi connectivity index (χ3n) is 1.07. The van der Waals surface area contributed by atoms with Gasteiger partial charge in [-0.2, -0.15) is 0 Å². The third kappa shape index (κ3) is 1.30. The lowest BCUT2D eigenvalue weighted by Gasteiger charge is -1.94. The smallest absolute Gasteiger partial charge is 0.170 e. The number of aryl methyl sites for hydroxylation is 1. The molecule has 0 radical (unpaired) electrons. The van der Waals surface area contributed by atoms with Crippen molar-refractivity contribution in [3.63, 3.8) is 0 Å². The first kappa shape index (κ1) is 7.15. The zero-order valence-electron chi connectivity index (χ0n) is 5.34. The Morgan fingerprint density at radius 3 is 2.90 bits per heavy atom. The van der Waals surface area contributed by atoms with E-state index in [2.05, 4.69) is 9.97 Å². The molecule has 0 fully saturated rings. The highest BCUT2D eigenvalue weighted by Crippen LogP contribution is 2.04. The average Bonchev–Trinajstić information content (AvgIpc) is 1.88. The maximum Gasteiger partial charge on any atom is 0.170 e. The Bertz CT molecular complexity index is 262. The van der Waals surface area contributed by atoms with Crippen LogP contribution in [0.3, 0.4) is 0 Å². The van der Waals surface area contributed by atoms with Gasteiger partial charge in [0, 0.05) is 0 Å². The van der Waals surface area contributed by atoms with E-state index in [-0.39, 0.29) is 0 Å². The van der Waals surface area contributed by atoms with Crippen molar-refractivity contribution in [2.24, 2.45) is 0 Å². The Morgan fingerprint density at radius 1 is 1.70 bits per heavy atom. The van der Waals surface area contributed by atoms with Gasteiger partial charge in [-0.25, -0.2) is 9.97 Å². The van der Waals surface area contributed by atoms with Crippen LogP contribution in [0, 0.1) is 6.92 Å². The Kier molecular flexibility index (Phi) is 1.97. The predicted octanol–water partition coefficient (Wildman–Crippen LogP) is 1.25. The highest BCUT2D eigenvalue weighted by Gasteiger charge is 1.98. The van der Waals surface area contributed by atoms with E-state index in [0.29, 0.717) is 22.8 Å². The van der Waals surface area contributed by atoms with Gasteiger partial charge >= 0.3 is 0 Å². The number of aromatic nitrogens is 2. The molecule has 0 atom stereocenters. The molecule has 1 aromatic heterocycles. The van der Waals surface area contributed by atoms with Crippen molar-refractivity contribution in [1.29, 1.82) is 0 Å². The van der Waals surface area contributed by atoms with Crippen molar-refractivity contribution in [3.8, 4) is 0 Å². The Balaban J connectivity index is 3.19. The standard InChI is InChI=1S/C6H5ClN2O/c1-4-5(3-10)8-2-6(7)9-4/h2-3H,1H3. The summed E-state index contributed by atoms with van der Waals surface area (Å²) in [6, 6.07) is 0. The van der Waals surface area contributed by atoms with Gasteiger partial charge < -0.3 is 0 Å². The topological polar surface area (TPSA) is 42.9 Å². The van der Waals surface area contributed by atoms with Crippen molar-refractivity contribution in [2.75, 3.05) is 0 Å². The normalized spacial score (nSPS) is 9.40. The van der Waals surface area contributed by atoms with Crippen LogP contribution in [0.1, 0.15) is 16.2 Å². The molecule has 0 aliphatic rings. The predicted molar refractivity (Wildman–Crippen MR) is 37.2 cm³/mol. The summed E-state index contributed by atoms with van der Waals surface area (Å²) >= 11 is 5.48. The molecule has 0 amide bonds. The van der Waals surface area contributed by atoms with Crippen LogP contribution >= 0.6 is 11.6 Å². The quantitative estimate of drug-likeness (QED) is 0.575. The molecule has 1 rings (SSSR count). The molecule has 0 unspecified atom stereocenters. The van der Waals surface area contributed by atoms with E-state index in [1.54, 1.807) is 6.92 Å². The van der Waals surface area contributed by atoms with Gasteiger partial charge in [-0.3, -0.25) is 4.79 Å². The zero-order valence-corrected chi connectivity index (χ0v) is 6.09. The summed E-state index contributed by atoms with van der Waals surface area (Å²) in [7, 11) is 0. The van der Waals surface area contributed by atoms with E-state index in [4.69, 9.17) is 11.6 Å². The molecular formula is C6H5ClN2O. The summed E-state index contributed by atoms with van der Waals surface area (Å²) in [6.45, 7) is 1.68. The van der Waals surface area contributed by atoms with Crippen molar-refractivity contribution in [2.45, 2.75) is 6.92 Å². The van der Waals surface area contributed by atoms with Crippen molar-refractivity contribution >= 4 is 17.9 Å². The van der Waals surface area contributed by atoms with Gasteiger partial charge in [-0.1, -0.05) is 11.6 Å². The molecular weight excluding hydrogens is 152 g/mol. The van der Waals surface area contributed by atoms with Gasteiger partial charge in [0.05, 0.1) is 11.9 Å². The molecule has 4 heteroatoms. The van der Waals surface area contributed by atoms with E-state index in [1.165, 1.54) is 6.20 Å². The summed E-state index contributed by atoms with van der Waals surface area (Å²) < 4.78 is 0. The summed E-state index contributed by atoms with van der Waals surface area (Å²) in [5.74, 6) is 0. The lowest BCUT2D eigenvalue weighted by atomic mass is 10.3. The van der Waals surface area contributed by atoms with E-state index >= 15 is 0 Å². The minimum atomic E-state index is 0.308. The molecule has 52 valence electrons. The first-order valence-electron chi connectivity index (χ1n) is 2.68. The fourth-order valence-corrected chi connectivity index (χ4v) is 0.754. The van der Waals surface area contributed by atoms with Crippen LogP contribution in [0.2, 0.25) is 5.15 Å². The third-order valence-corrected chi connectivity index (χ3v) is 1.25. The SMILES string of the molecule is Cc1nc(Cl)cnc1C=O. The van der Waals surface area contributed by atoms with Crippen molar-refractivity contribution in [1.82, 2.24) is 9.97 Å². The summed E-state index contributed by atoms with van der Waals surface area (Å²) in [6.07, 6.45) is 2.00. The van der Waals surface area contributed by atoms with Crippen LogP contribution < -0.4 is 0 Å². The highest BCUT2D eigenvalue weighted by molar-refractivity contribution is 6.29. The Labute approximate surface area is 63.1 Å². The second-order valence-corrected chi connectivity index (χ2v) is 2.17. The van der Waals surface area contributed by atoms with Gasteiger partial charge in [-0.05, 0) is 6.92 Å². The van der Waals surface area contributed by atoms with Crippen molar-refractivity contribution < 1.29 is 4.79 Å². The number of aldehydes is 1. The Hall–Kier alpha value is -0.960. The number of carbonyl (C=O) groups is 1. The number of halogens is 1. The number of carbonyl (C=O) groups excluding carboxylic acids is 1. The summed E-state index contributed by atoms with van der Waals surface area (Å²) in [5, 5.41) is 0.308. The van der Waals surface area contributed by atoms with Gasteiger partial charge in [0.15, 0.2) is 6.29 Å².